The Labute approximate surface area is 131 Å². The van der Waals surface area contributed by atoms with Crippen LogP contribution in [0, 0.1) is 0 Å². The molecule has 0 radical (unpaired) electrons. The molecule has 112 valence electrons. The maximum absolute atomic E-state index is 12.5. The topological polar surface area (TPSA) is 77.8 Å². The number of pyridine rings is 1. The third kappa shape index (κ3) is 2.19. The predicted octanol–water partition coefficient (Wildman–Crippen LogP) is 3.26. The average Bonchev–Trinajstić information content (AvgIpc) is 3.05. The first kappa shape index (κ1) is 13.3. The SMILES string of the molecule is O=C(Nc1cccc2cc[nH]c12)c1c[nH]c2ccccc2c1=O. The predicted molar refractivity (Wildman–Crippen MR) is 90.8 cm³/mol. The summed E-state index contributed by atoms with van der Waals surface area (Å²) in [6.45, 7) is 0. The molecular formula is C18H13N3O2. The number of hydrogen-bond acceptors (Lipinski definition) is 2. The Kier molecular flexibility index (Phi) is 2.98. The monoisotopic (exact) mass is 303 g/mol. The smallest absolute Gasteiger partial charge is 0.261 e. The van der Waals surface area contributed by atoms with E-state index < -0.39 is 5.91 Å². The van der Waals surface area contributed by atoms with E-state index in [1.807, 2.05) is 30.5 Å². The van der Waals surface area contributed by atoms with E-state index in [0.29, 0.717) is 16.6 Å². The molecule has 2 aromatic carbocycles. The molecule has 0 unspecified atom stereocenters. The molecule has 23 heavy (non-hydrogen) atoms. The van der Waals surface area contributed by atoms with Crippen LogP contribution in [0.4, 0.5) is 5.69 Å². The quantitative estimate of drug-likeness (QED) is 0.531. The maximum atomic E-state index is 12.5. The maximum Gasteiger partial charge on any atom is 0.261 e. The van der Waals surface area contributed by atoms with Gasteiger partial charge in [0.1, 0.15) is 5.56 Å². The number of rotatable bonds is 2. The second kappa shape index (κ2) is 5.14. The molecule has 0 saturated heterocycles. The van der Waals surface area contributed by atoms with E-state index in [-0.39, 0.29) is 11.0 Å². The molecule has 0 aliphatic heterocycles. The van der Waals surface area contributed by atoms with E-state index in [9.17, 15) is 9.59 Å². The molecule has 2 aromatic heterocycles. The van der Waals surface area contributed by atoms with Crippen molar-refractivity contribution in [3.05, 3.63) is 76.7 Å². The van der Waals surface area contributed by atoms with Gasteiger partial charge in [-0.1, -0.05) is 24.3 Å². The van der Waals surface area contributed by atoms with Gasteiger partial charge in [0.25, 0.3) is 5.91 Å². The Bertz CT molecular complexity index is 1090. The molecule has 0 aliphatic carbocycles. The van der Waals surface area contributed by atoms with Gasteiger partial charge in [0.05, 0.1) is 11.2 Å². The van der Waals surface area contributed by atoms with Crippen molar-refractivity contribution in [1.29, 1.82) is 0 Å². The lowest BCUT2D eigenvalue weighted by Gasteiger charge is -2.07. The number of aromatic nitrogens is 2. The first-order valence-electron chi connectivity index (χ1n) is 7.22. The Hall–Kier alpha value is -3.34. The van der Waals surface area contributed by atoms with E-state index in [4.69, 9.17) is 0 Å². The minimum absolute atomic E-state index is 0.0901. The first-order chi connectivity index (χ1) is 11.2. The number of hydrogen-bond donors (Lipinski definition) is 3. The number of carbonyl (C=O) groups is 1. The lowest BCUT2D eigenvalue weighted by Crippen LogP contribution is -2.22. The van der Waals surface area contributed by atoms with Crippen LogP contribution in [0.5, 0.6) is 0 Å². The highest BCUT2D eigenvalue weighted by molar-refractivity contribution is 6.09. The van der Waals surface area contributed by atoms with Crippen molar-refractivity contribution < 1.29 is 4.79 Å². The molecule has 4 rings (SSSR count). The van der Waals surface area contributed by atoms with Crippen LogP contribution in [0.15, 0.2) is 65.7 Å². The van der Waals surface area contributed by atoms with Gasteiger partial charge in [-0.15, -0.1) is 0 Å². The molecule has 0 atom stereocenters. The Morgan fingerprint density at radius 3 is 2.74 bits per heavy atom. The molecule has 0 saturated carbocycles. The van der Waals surface area contributed by atoms with Gasteiger partial charge >= 0.3 is 0 Å². The molecule has 4 aromatic rings. The van der Waals surface area contributed by atoms with Crippen LogP contribution in [0.1, 0.15) is 10.4 Å². The van der Waals surface area contributed by atoms with Gasteiger partial charge in [0, 0.05) is 28.7 Å². The van der Waals surface area contributed by atoms with E-state index >= 15 is 0 Å². The van der Waals surface area contributed by atoms with E-state index in [1.165, 1.54) is 6.20 Å². The highest BCUT2D eigenvalue weighted by atomic mass is 16.2. The van der Waals surface area contributed by atoms with Gasteiger partial charge in [-0.3, -0.25) is 9.59 Å². The summed E-state index contributed by atoms with van der Waals surface area (Å²) in [5.74, 6) is -0.431. The Morgan fingerprint density at radius 2 is 1.83 bits per heavy atom. The number of benzene rings is 2. The second-order valence-electron chi connectivity index (χ2n) is 5.28. The molecular weight excluding hydrogens is 290 g/mol. The molecule has 0 aliphatic rings. The molecule has 1 amide bonds. The lowest BCUT2D eigenvalue weighted by atomic mass is 10.1. The Morgan fingerprint density at radius 1 is 0.957 bits per heavy atom. The average molecular weight is 303 g/mol. The number of aromatic amines is 2. The first-order valence-corrected chi connectivity index (χ1v) is 7.22. The summed E-state index contributed by atoms with van der Waals surface area (Å²) in [5.41, 5.74) is 1.99. The number of carbonyl (C=O) groups excluding carboxylic acids is 1. The summed E-state index contributed by atoms with van der Waals surface area (Å²) >= 11 is 0. The van der Waals surface area contributed by atoms with Crippen LogP contribution in [0.2, 0.25) is 0 Å². The summed E-state index contributed by atoms with van der Waals surface area (Å²) in [7, 11) is 0. The highest BCUT2D eigenvalue weighted by Gasteiger charge is 2.14. The Balaban J connectivity index is 1.76. The minimum atomic E-state index is -0.431. The van der Waals surface area contributed by atoms with Crippen molar-refractivity contribution in [2.24, 2.45) is 0 Å². The number of amides is 1. The summed E-state index contributed by atoms with van der Waals surface area (Å²) in [6, 6.07) is 14.7. The largest absolute Gasteiger partial charge is 0.360 e. The van der Waals surface area contributed by atoms with Crippen LogP contribution < -0.4 is 10.7 Å². The van der Waals surface area contributed by atoms with Gasteiger partial charge in [-0.2, -0.15) is 0 Å². The van der Waals surface area contributed by atoms with Gasteiger partial charge in [-0.05, 0) is 24.3 Å². The van der Waals surface area contributed by atoms with E-state index in [0.717, 1.165) is 10.9 Å². The fourth-order valence-electron chi connectivity index (χ4n) is 2.71. The van der Waals surface area contributed by atoms with Gasteiger partial charge in [0.2, 0.25) is 5.43 Å². The van der Waals surface area contributed by atoms with Crippen LogP contribution in [0.25, 0.3) is 21.8 Å². The number of fused-ring (bicyclic) bond motifs is 2. The van der Waals surface area contributed by atoms with Crippen molar-refractivity contribution >= 4 is 33.4 Å². The van der Waals surface area contributed by atoms with Gasteiger partial charge < -0.3 is 15.3 Å². The molecule has 3 N–H and O–H groups in total. The number of para-hydroxylation sites is 2. The standard InChI is InChI=1S/C18H13N3O2/c22-17-12-5-1-2-6-14(12)20-10-13(17)18(23)21-15-7-3-4-11-8-9-19-16(11)15/h1-10,19H,(H,20,22)(H,21,23). The zero-order valence-corrected chi connectivity index (χ0v) is 12.1. The molecule has 0 spiro atoms. The third-order valence-electron chi connectivity index (χ3n) is 3.87. The molecule has 0 fully saturated rings. The van der Waals surface area contributed by atoms with Crippen LogP contribution in [-0.4, -0.2) is 15.9 Å². The minimum Gasteiger partial charge on any atom is -0.360 e. The number of H-pyrrole nitrogens is 2. The van der Waals surface area contributed by atoms with Crippen molar-refractivity contribution in [3.8, 4) is 0 Å². The van der Waals surface area contributed by atoms with Gasteiger partial charge in [-0.25, -0.2) is 0 Å². The summed E-state index contributed by atoms with van der Waals surface area (Å²) < 4.78 is 0. The molecule has 5 heteroatoms. The molecule has 2 heterocycles. The number of anilines is 1. The zero-order valence-electron chi connectivity index (χ0n) is 12.1. The fraction of sp³-hybridized carbons (Fsp3) is 0. The van der Waals surface area contributed by atoms with Crippen molar-refractivity contribution in [2.45, 2.75) is 0 Å². The van der Waals surface area contributed by atoms with Crippen molar-refractivity contribution in [1.82, 2.24) is 9.97 Å². The lowest BCUT2D eigenvalue weighted by molar-refractivity contribution is 0.102. The van der Waals surface area contributed by atoms with Gasteiger partial charge in [0.15, 0.2) is 0 Å². The normalized spacial score (nSPS) is 11.0. The fourth-order valence-corrected chi connectivity index (χ4v) is 2.71. The second-order valence-corrected chi connectivity index (χ2v) is 5.28. The van der Waals surface area contributed by atoms with E-state index in [2.05, 4.69) is 15.3 Å². The van der Waals surface area contributed by atoms with Crippen LogP contribution >= 0.6 is 0 Å². The highest BCUT2D eigenvalue weighted by Crippen LogP contribution is 2.22. The zero-order chi connectivity index (χ0) is 15.8. The summed E-state index contributed by atoms with van der Waals surface area (Å²) in [4.78, 5) is 31.1. The van der Waals surface area contributed by atoms with Crippen molar-refractivity contribution in [2.75, 3.05) is 5.32 Å². The van der Waals surface area contributed by atoms with Crippen LogP contribution in [0.3, 0.4) is 0 Å². The van der Waals surface area contributed by atoms with Crippen LogP contribution in [-0.2, 0) is 0 Å². The number of nitrogens with one attached hydrogen (secondary N) is 3. The summed E-state index contributed by atoms with van der Waals surface area (Å²) in [5, 5.41) is 4.30. The van der Waals surface area contributed by atoms with Crippen molar-refractivity contribution in [3.63, 3.8) is 0 Å². The summed E-state index contributed by atoms with van der Waals surface area (Å²) in [6.07, 6.45) is 3.26. The van der Waals surface area contributed by atoms with E-state index in [1.54, 1.807) is 24.3 Å². The molecule has 5 nitrogen and oxygen atoms in total. The third-order valence-corrected chi connectivity index (χ3v) is 3.87. The molecule has 0 bridgehead atoms.